The number of rotatable bonds is 2. The van der Waals surface area contributed by atoms with Gasteiger partial charge in [-0.3, -0.25) is 0 Å². The monoisotopic (exact) mass is 162 g/mol. The van der Waals surface area contributed by atoms with Crippen LogP contribution >= 0.6 is 0 Å². The van der Waals surface area contributed by atoms with E-state index in [2.05, 4.69) is 6.58 Å². The fourth-order valence-corrected chi connectivity index (χ4v) is 1.26. The first-order valence-electron chi connectivity index (χ1n) is 4.05. The van der Waals surface area contributed by atoms with E-state index in [1.165, 1.54) is 0 Å². The smallest absolute Gasteiger partial charge is 0.122 e. The number of aromatic hydroxyl groups is 1. The Bertz CT molecular complexity index is 300. The van der Waals surface area contributed by atoms with E-state index >= 15 is 0 Å². The van der Waals surface area contributed by atoms with Gasteiger partial charge < -0.3 is 5.11 Å². The van der Waals surface area contributed by atoms with Crippen LogP contribution in [0.1, 0.15) is 16.7 Å². The number of allylic oxidation sites excluding steroid dienone is 1. The predicted molar refractivity (Wildman–Crippen MR) is 51.5 cm³/mol. The maximum atomic E-state index is 9.66. The average molecular weight is 162 g/mol. The number of hydrogen-bond donors (Lipinski definition) is 1. The van der Waals surface area contributed by atoms with Crippen molar-refractivity contribution in [1.82, 2.24) is 0 Å². The molecule has 64 valence electrons. The highest BCUT2D eigenvalue weighted by molar-refractivity contribution is 5.45. The first-order chi connectivity index (χ1) is 5.66. The van der Waals surface area contributed by atoms with Crippen molar-refractivity contribution in [2.75, 3.05) is 0 Å². The van der Waals surface area contributed by atoms with Crippen LogP contribution < -0.4 is 0 Å². The number of phenols is 1. The summed E-state index contributed by atoms with van der Waals surface area (Å²) in [4.78, 5) is 0. The molecule has 0 heterocycles. The van der Waals surface area contributed by atoms with E-state index in [0.29, 0.717) is 5.75 Å². The number of hydrogen-bond acceptors (Lipinski definition) is 1. The Morgan fingerprint density at radius 1 is 1.33 bits per heavy atom. The summed E-state index contributed by atoms with van der Waals surface area (Å²) < 4.78 is 0. The second-order valence-corrected chi connectivity index (χ2v) is 3.02. The van der Waals surface area contributed by atoms with E-state index in [9.17, 15) is 5.11 Å². The van der Waals surface area contributed by atoms with E-state index in [-0.39, 0.29) is 0 Å². The van der Waals surface area contributed by atoms with Crippen LogP contribution in [0.15, 0.2) is 24.8 Å². The summed E-state index contributed by atoms with van der Waals surface area (Å²) in [6.07, 6.45) is 2.54. The predicted octanol–water partition coefficient (Wildman–Crippen LogP) is 2.74. The topological polar surface area (TPSA) is 20.2 Å². The van der Waals surface area contributed by atoms with Gasteiger partial charge in [0.05, 0.1) is 0 Å². The van der Waals surface area contributed by atoms with Crippen molar-refractivity contribution in [3.63, 3.8) is 0 Å². The molecule has 1 aromatic rings. The van der Waals surface area contributed by atoms with Crippen LogP contribution in [0.5, 0.6) is 5.75 Å². The zero-order chi connectivity index (χ0) is 9.14. The third-order valence-corrected chi connectivity index (χ3v) is 2.07. The van der Waals surface area contributed by atoms with Crippen LogP contribution in [0.4, 0.5) is 0 Å². The summed E-state index contributed by atoms with van der Waals surface area (Å²) in [5.41, 5.74) is 3.04. The molecule has 0 aliphatic carbocycles. The summed E-state index contributed by atoms with van der Waals surface area (Å²) in [5, 5.41) is 9.66. The zero-order valence-corrected chi connectivity index (χ0v) is 7.59. The van der Waals surface area contributed by atoms with Gasteiger partial charge in [0.2, 0.25) is 0 Å². The van der Waals surface area contributed by atoms with Crippen molar-refractivity contribution in [1.29, 1.82) is 0 Å². The van der Waals surface area contributed by atoms with Crippen LogP contribution in [0.25, 0.3) is 0 Å². The minimum absolute atomic E-state index is 0.412. The molecule has 0 radical (unpaired) electrons. The molecule has 0 unspecified atom stereocenters. The van der Waals surface area contributed by atoms with Gasteiger partial charge in [0.1, 0.15) is 5.75 Å². The molecule has 0 amide bonds. The lowest BCUT2D eigenvalue weighted by atomic mass is 10.0. The lowest BCUT2D eigenvalue weighted by Gasteiger charge is -2.07. The van der Waals surface area contributed by atoms with Crippen LogP contribution in [0.2, 0.25) is 0 Å². The Kier molecular flexibility index (Phi) is 2.54. The first kappa shape index (κ1) is 8.85. The summed E-state index contributed by atoms with van der Waals surface area (Å²) in [5.74, 6) is 0.412. The SMILES string of the molecule is C=CCc1c(C)ccc(C)c1O. The molecule has 0 saturated carbocycles. The molecular weight excluding hydrogens is 148 g/mol. The van der Waals surface area contributed by atoms with Crippen molar-refractivity contribution in [3.8, 4) is 5.75 Å². The van der Waals surface area contributed by atoms with Gasteiger partial charge >= 0.3 is 0 Å². The lowest BCUT2D eigenvalue weighted by molar-refractivity contribution is 0.465. The molecule has 0 aliphatic rings. The van der Waals surface area contributed by atoms with Gasteiger partial charge in [0.15, 0.2) is 0 Å². The molecule has 1 rings (SSSR count). The van der Waals surface area contributed by atoms with Gasteiger partial charge in [0, 0.05) is 5.56 Å². The third-order valence-electron chi connectivity index (χ3n) is 2.07. The Labute approximate surface area is 73.4 Å². The van der Waals surface area contributed by atoms with Crippen LogP contribution in [0, 0.1) is 13.8 Å². The van der Waals surface area contributed by atoms with E-state index in [4.69, 9.17) is 0 Å². The molecule has 0 spiro atoms. The molecule has 12 heavy (non-hydrogen) atoms. The quantitative estimate of drug-likeness (QED) is 0.663. The van der Waals surface area contributed by atoms with Crippen molar-refractivity contribution in [3.05, 3.63) is 41.5 Å². The van der Waals surface area contributed by atoms with Gasteiger partial charge in [-0.15, -0.1) is 6.58 Å². The average Bonchev–Trinajstić information content (AvgIpc) is 2.06. The molecule has 1 nitrogen and oxygen atoms in total. The Morgan fingerprint density at radius 2 is 1.92 bits per heavy atom. The number of phenolic OH excluding ortho intramolecular Hbond substituents is 1. The second-order valence-electron chi connectivity index (χ2n) is 3.02. The van der Waals surface area contributed by atoms with Gasteiger partial charge in [-0.25, -0.2) is 0 Å². The normalized spacial score (nSPS) is 9.83. The van der Waals surface area contributed by atoms with Gasteiger partial charge in [-0.05, 0) is 31.4 Å². The fourth-order valence-electron chi connectivity index (χ4n) is 1.26. The van der Waals surface area contributed by atoms with Crippen molar-refractivity contribution in [2.24, 2.45) is 0 Å². The molecule has 1 N–H and O–H groups in total. The van der Waals surface area contributed by atoms with Crippen molar-refractivity contribution >= 4 is 0 Å². The van der Waals surface area contributed by atoms with Crippen molar-refractivity contribution < 1.29 is 5.11 Å². The molecule has 1 aromatic carbocycles. The van der Waals surface area contributed by atoms with Crippen molar-refractivity contribution in [2.45, 2.75) is 20.3 Å². The van der Waals surface area contributed by atoms with Gasteiger partial charge in [-0.1, -0.05) is 18.2 Å². The molecule has 0 fully saturated rings. The van der Waals surface area contributed by atoms with E-state index < -0.39 is 0 Å². The Morgan fingerprint density at radius 3 is 2.50 bits per heavy atom. The maximum Gasteiger partial charge on any atom is 0.122 e. The highest BCUT2D eigenvalue weighted by Crippen LogP contribution is 2.25. The minimum atomic E-state index is 0.412. The molecule has 0 aromatic heterocycles. The molecule has 0 saturated heterocycles. The number of aryl methyl sites for hydroxylation is 2. The highest BCUT2D eigenvalue weighted by atomic mass is 16.3. The molecule has 0 atom stereocenters. The van der Waals surface area contributed by atoms with Gasteiger partial charge in [-0.2, -0.15) is 0 Å². The van der Waals surface area contributed by atoms with Crippen LogP contribution in [0.3, 0.4) is 0 Å². The summed E-state index contributed by atoms with van der Waals surface area (Å²) >= 11 is 0. The van der Waals surface area contributed by atoms with E-state index in [0.717, 1.165) is 23.1 Å². The second kappa shape index (κ2) is 3.44. The first-order valence-corrected chi connectivity index (χ1v) is 4.05. The number of benzene rings is 1. The Balaban J connectivity index is 3.22. The summed E-state index contributed by atoms with van der Waals surface area (Å²) in [6, 6.07) is 3.95. The zero-order valence-electron chi connectivity index (χ0n) is 7.59. The fraction of sp³-hybridized carbons (Fsp3) is 0.273. The Hall–Kier alpha value is -1.24. The van der Waals surface area contributed by atoms with E-state index in [1.807, 2.05) is 32.1 Å². The van der Waals surface area contributed by atoms with Gasteiger partial charge in [0.25, 0.3) is 0 Å². The summed E-state index contributed by atoms with van der Waals surface area (Å²) in [7, 11) is 0. The minimum Gasteiger partial charge on any atom is -0.507 e. The summed E-state index contributed by atoms with van der Waals surface area (Å²) in [6.45, 7) is 7.56. The molecular formula is C11H14O. The maximum absolute atomic E-state index is 9.66. The van der Waals surface area contributed by atoms with Crippen LogP contribution in [-0.4, -0.2) is 5.11 Å². The lowest BCUT2D eigenvalue weighted by Crippen LogP contribution is -1.89. The molecule has 0 bridgehead atoms. The third kappa shape index (κ3) is 1.50. The van der Waals surface area contributed by atoms with Crippen LogP contribution in [-0.2, 0) is 6.42 Å². The largest absolute Gasteiger partial charge is 0.507 e. The highest BCUT2D eigenvalue weighted by Gasteiger charge is 2.04. The standard InChI is InChI=1S/C11H14O/c1-4-5-10-8(2)6-7-9(3)11(10)12/h4,6-7,12H,1,5H2,2-3H3. The molecule has 1 heteroatoms. The van der Waals surface area contributed by atoms with E-state index in [1.54, 1.807) is 0 Å². The molecule has 0 aliphatic heterocycles.